The first-order valence-electron chi connectivity index (χ1n) is 6.25. The minimum Gasteiger partial charge on any atom is -0.376 e. The average Bonchev–Trinajstić information content (AvgIpc) is 2.79. The van der Waals surface area contributed by atoms with E-state index in [1.54, 1.807) is 18.5 Å². The molecule has 2 heterocycles. The summed E-state index contributed by atoms with van der Waals surface area (Å²) in [6.45, 7) is 4.55. The monoisotopic (exact) mass is 261 g/mol. The number of imidazole rings is 1. The molecule has 0 amide bonds. The molecule has 6 heteroatoms. The molecule has 0 bridgehead atoms. The van der Waals surface area contributed by atoms with Crippen LogP contribution in [0.15, 0.2) is 29.5 Å². The third-order valence-corrected chi connectivity index (χ3v) is 2.97. The van der Waals surface area contributed by atoms with Gasteiger partial charge in [0.15, 0.2) is 0 Å². The zero-order chi connectivity index (χ0) is 14.0. The molecule has 0 saturated carbocycles. The smallest absolute Gasteiger partial charge is 0.269 e. The van der Waals surface area contributed by atoms with Crippen molar-refractivity contribution in [2.45, 2.75) is 26.4 Å². The molecule has 102 valence electrons. The zero-order valence-corrected chi connectivity index (χ0v) is 11.7. The van der Waals surface area contributed by atoms with E-state index in [0.29, 0.717) is 12.6 Å². The van der Waals surface area contributed by atoms with Crippen LogP contribution >= 0.6 is 0 Å². The lowest BCUT2D eigenvalue weighted by molar-refractivity contribution is 0.528. The molecule has 2 aromatic rings. The number of rotatable bonds is 4. The van der Waals surface area contributed by atoms with Gasteiger partial charge in [-0.15, -0.1) is 0 Å². The Morgan fingerprint density at radius 1 is 1.37 bits per heavy atom. The fourth-order valence-corrected chi connectivity index (χ4v) is 1.86. The second kappa shape index (κ2) is 5.26. The molecule has 0 aromatic carbocycles. The van der Waals surface area contributed by atoms with Crippen molar-refractivity contribution in [3.8, 4) is 0 Å². The van der Waals surface area contributed by atoms with E-state index in [-0.39, 0.29) is 5.56 Å². The van der Waals surface area contributed by atoms with Crippen molar-refractivity contribution in [3.05, 3.63) is 40.8 Å². The summed E-state index contributed by atoms with van der Waals surface area (Å²) in [5, 5.41) is 4.18. The van der Waals surface area contributed by atoms with Gasteiger partial charge in [0.05, 0.1) is 11.9 Å². The number of aromatic nitrogens is 4. The van der Waals surface area contributed by atoms with Gasteiger partial charge in [-0.3, -0.25) is 4.79 Å². The van der Waals surface area contributed by atoms with E-state index in [2.05, 4.69) is 23.9 Å². The summed E-state index contributed by atoms with van der Waals surface area (Å²) >= 11 is 0. The maximum Gasteiger partial charge on any atom is 0.269 e. The van der Waals surface area contributed by atoms with Crippen LogP contribution in [0.4, 0.5) is 5.69 Å². The third kappa shape index (κ3) is 2.83. The van der Waals surface area contributed by atoms with E-state index >= 15 is 0 Å². The molecule has 0 unspecified atom stereocenters. The van der Waals surface area contributed by atoms with Gasteiger partial charge in [-0.05, 0) is 13.8 Å². The largest absolute Gasteiger partial charge is 0.376 e. The topological polar surface area (TPSA) is 56.0 Å². The predicted octanol–water partition coefficient (Wildman–Crippen LogP) is 1.14. The van der Waals surface area contributed by atoms with E-state index in [0.717, 1.165) is 11.5 Å². The Hall–Kier alpha value is -2.11. The highest BCUT2D eigenvalue weighted by Crippen LogP contribution is 2.09. The van der Waals surface area contributed by atoms with Crippen LogP contribution in [-0.2, 0) is 6.54 Å². The van der Waals surface area contributed by atoms with Crippen molar-refractivity contribution in [1.29, 1.82) is 0 Å². The van der Waals surface area contributed by atoms with Gasteiger partial charge in [0, 0.05) is 38.6 Å². The zero-order valence-electron chi connectivity index (χ0n) is 11.7. The van der Waals surface area contributed by atoms with Crippen molar-refractivity contribution in [3.63, 3.8) is 0 Å². The molecule has 0 spiro atoms. The van der Waals surface area contributed by atoms with E-state index in [1.165, 1.54) is 4.68 Å². The standard InChI is InChI=1S/C13H19N5O/c1-10(2)17-6-5-14-12(17)9-18-13(19)7-11(8-15-18)16(3)4/h5-8,10H,9H2,1-4H3. The Kier molecular flexibility index (Phi) is 3.69. The maximum absolute atomic E-state index is 12.0. The molecule has 0 aliphatic heterocycles. The minimum absolute atomic E-state index is 0.121. The van der Waals surface area contributed by atoms with Crippen molar-refractivity contribution in [1.82, 2.24) is 19.3 Å². The quantitative estimate of drug-likeness (QED) is 0.828. The van der Waals surface area contributed by atoms with Crippen molar-refractivity contribution in [2.24, 2.45) is 0 Å². The van der Waals surface area contributed by atoms with E-state index in [4.69, 9.17) is 0 Å². The predicted molar refractivity (Wildman–Crippen MR) is 74.5 cm³/mol. The second-order valence-electron chi connectivity index (χ2n) is 4.95. The van der Waals surface area contributed by atoms with E-state index < -0.39 is 0 Å². The summed E-state index contributed by atoms with van der Waals surface area (Å²) in [6, 6.07) is 1.89. The normalized spacial score (nSPS) is 11.0. The highest BCUT2D eigenvalue weighted by Gasteiger charge is 2.09. The van der Waals surface area contributed by atoms with Crippen molar-refractivity contribution in [2.75, 3.05) is 19.0 Å². The molecule has 0 aliphatic rings. The Morgan fingerprint density at radius 3 is 2.68 bits per heavy atom. The third-order valence-electron chi connectivity index (χ3n) is 2.97. The number of hydrogen-bond acceptors (Lipinski definition) is 4. The summed E-state index contributed by atoms with van der Waals surface area (Å²) < 4.78 is 3.46. The van der Waals surface area contributed by atoms with Gasteiger partial charge in [-0.1, -0.05) is 0 Å². The fraction of sp³-hybridized carbons (Fsp3) is 0.462. The highest BCUT2D eigenvalue weighted by atomic mass is 16.1. The van der Waals surface area contributed by atoms with Gasteiger partial charge in [0.25, 0.3) is 5.56 Å². The highest BCUT2D eigenvalue weighted by molar-refractivity contribution is 5.40. The average molecular weight is 261 g/mol. The number of nitrogens with zero attached hydrogens (tertiary/aromatic N) is 5. The number of anilines is 1. The molecule has 6 nitrogen and oxygen atoms in total. The van der Waals surface area contributed by atoms with Gasteiger partial charge in [-0.2, -0.15) is 5.10 Å². The SMILES string of the molecule is CC(C)n1ccnc1Cn1ncc(N(C)C)cc1=O. The van der Waals surface area contributed by atoms with Gasteiger partial charge < -0.3 is 9.47 Å². The van der Waals surface area contributed by atoms with Crippen molar-refractivity contribution < 1.29 is 0 Å². The Labute approximate surface area is 112 Å². The van der Waals surface area contributed by atoms with E-state index in [1.807, 2.05) is 29.8 Å². The first-order chi connectivity index (χ1) is 8.99. The number of hydrogen-bond donors (Lipinski definition) is 0. The van der Waals surface area contributed by atoms with Crippen LogP contribution in [0.5, 0.6) is 0 Å². The summed E-state index contributed by atoms with van der Waals surface area (Å²) in [5.41, 5.74) is 0.679. The Morgan fingerprint density at radius 2 is 2.11 bits per heavy atom. The first kappa shape index (κ1) is 13.3. The lowest BCUT2D eigenvalue weighted by Gasteiger charge is -2.14. The van der Waals surface area contributed by atoms with Gasteiger partial charge in [-0.25, -0.2) is 9.67 Å². The molecule has 19 heavy (non-hydrogen) atoms. The molecule has 0 radical (unpaired) electrons. The molecular formula is C13H19N5O. The summed E-state index contributed by atoms with van der Waals surface area (Å²) in [6.07, 6.45) is 5.35. The molecule has 2 aromatic heterocycles. The van der Waals surface area contributed by atoms with E-state index in [9.17, 15) is 4.79 Å². The molecule has 0 fully saturated rings. The van der Waals surface area contributed by atoms with Crippen LogP contribution in [0.1, 0.15) is 25.7 Å². The molecule has 0 aliphatic carbocycles. The maximum atomic E-state index is 12.0. The molecule has 0 N–H and O–H groups in total. The Balaban J connectivity index is 2.29. The lowest BCUT2D eigenvalue weighted by Crippen LogP contribution is -2.26. The summed E-state index contributed by atoms with van der Waals surface area (Å²) in [4.78, 5) is 18.1. The first-order valence-corrected chi connectivity index (χ1v) is 6.25. The molecule has 0 atom stereocenters. The van der Waals surface area contributed by atoms with Crippen LogP contribution in [0.25, 0.3) is 0 Å². The van der Waals surface area contributed by atoms with Crippen LogP contribution in [0.2, 0.25) is 0 Å². The Bertz CT molecular complexity index is 611. The van der Waals surface area contributed by atoms with Gasteiger partial charge >= 0.3 is 0 Å². The fourth-order valence-electron chi connectivity index (χ4n) is 1.86. The molecular weight excluding hydrogens is 242 g/mol. The summed E-state index contributed by atoms with van der Waals surface area (Å²) in [7, 11) is 3.76. The second-order valence-corrected chi connectivity index (χ2v) is 4.95. The summed E-state index contributed by atoms with van der Waals surface area (Å²) in [5.74, 6) is 0.835. The van der Waals surface area contributed by atoms with Gasteiger partial charge in [0.1, 0.15) is 12.4 Å². The van der Waals surface area contributed by atoms with Crippen molar-refractivity contribution >= 4 is 5.69 Å². The van der Waals surface area contributed by atoms with Gasteiger partial charge in [0.2, 0.25) is 0 Å². The van der Waals surface area contributed by atoms with Crippen LogP contribution in [-0.4, -0.2) is 33.4 Å². The van der Waals surface area contributed by atoms with Crippen LogP contribution in [0, 0.1) is 0 Å². The van der Waals surface area contributed by atoms with Crippen LogP contribution < -0.4 is 10.5 Å². The molecule has 0 saturated heterocycles. The minimum atomic E-state index is -0.121. The lowest BCUT2D eigenvalue weighted by atomic mass is 10.4. The van der Waals surface area contributed by atoms with Crippen LogP contribution in [0.3, 0.4) is 0 Å². The molecule has 2 rings (SSSR count).